The molecule has 5 nitrogen and oxygen atoms in total. The van der Waals surface area contributed by atoms with Gasteiger partial charge in [0.15, 0.2) is 0 Å². The van der Waals surface area contributed by atoms with Crippen molar-refractivity contribution in [2.75, 3.05) is 20.6 Å². The Hall–Kier alpha value is -2.66. The van der Waals surface area contributed by atoms with Crippen LogP contribution in [0.15, 0.2) is 54.9 Å². The highest BCUT2D eigenvalue weighted by atomic mass is 16.2. The first-order chi connectivity index (χ1) is 13.1. The topological polar surface area (TPSA) is 40.8 Å². The molecule has 1 saturated heterocycles. The zero-order valence-corrected chi connectivity index (χ0v) is 16.0. The number of benzene rings is 1. The van der Waals surface area contributed by atoms with Crippen LogP contribution in [0.2, 0.25) is 0 Å². The van der Waals surface area contributed by atoms with Crippen molar-refractivity contribution in [1.29, 1.82) is 0 Å². The number of nitrogens with zero attached hydrogens (tertiary/aromatic N) is 4. The van der Waals surface area contributed by atoms with Crippen LogP contribution in [0.4, 0.5) is 0 Å². The van der Waals surface area contributed by atoms with Crippen molar-refractivity contribution in [3.05, 3.63) is 71.5 Å². The molecule has 0 saturated carbocycles. The number of hydrogen-bond donors (Lipinski definition) is 0. The lowest BCUT2D eigenvalue weighted by atomic mass is 9.94. The quantitative estimate of drug-likeness (QED) is 0.709. The van der Waals surface area contributed by atoms with Gasteiger partial charge in [0, 0.05) is 19.3 Å². The summed E-state index contributed by atoms with van der Waals surface area (Å²) in [4.78, 5) is 17.5. The number of carbonyl (C=O) groups is 1. The number of aromatic nitrogens is 2. The van der Waals surface area contributed by atoms with Crippen molar-refractivity contribution in [3.8, 4) is 0 Å². The van der Waals surface area contributed by atoms with E-state index in [-0.39, 0.29) is 11.9 Å². The van der Waals surface area contributed by atoms with Crippen LogP contribution in [0, 0.1) is 0 Å². The van der Waals surface area contributed by atoms with Crippen LogP contribution in [-0.2, 0) is 6.54 Å². The monoisotopic (exact) mass is 362 g/mol. The summed E-state index contributed by atoms with van der Waals surface area (Å²) in [6.45, 7) is 1.73. The summed E-state index contributed by atoms with van der Waals surface area (Å²) in [6, 6.07) is 14.7. The fourth-order valence-corrected chi connectivity index (χ4v) is 3.99. The molecule has 1 amide bonds. The van der Waals surface area contributed by atoms with Gasteiger partial charge < -0.3 is 9.80 Å². The van der Waals surface area contributed by atoms with Crippen LogP contribution in [-0.4, -0.2) is 46.0 Å². The minimum absolute atomic E-state index is 0.0817. The molecular weight excluding hydrogens is 336 g/mol. The second-order valence-electron chi connectivity index (χ2n) is 7.58. The second kappa shape index (κ2) is 7.53. The molecule has 1 fully saturated rings. The van der Waals surface area contributed by atoms with E-state index in [0.717, 1.165) is 37.9 Å². The van der Waals surface area contributed by atoms with Gasteiger partial charge in [0.2, 0.25) is 0 Å². The average Bonchev–Trinajstić information content (AvgIpc) is 3.12. The van der Waals surface area contributed by atoms with E-state index in [1.54, 1.807) is 10.7 Å². The fraction of sp³-hybridized carbons (Fsp3) is 0.364. The van der Waals surface area contributed by atoms with Gasteiger partial charge >= 0.3 is 0 Å². The molecule has 0 bridgehead atoms. The Morgan fingerprint density at radius 1 is 1.15 bits per heavy atom. The van der Waals surface area contributed by atoms with Crippen molar-refractivity contribution in [3.63, 3.8) is 0 Å². The Morgan fingerprint density at radius 3 is 2.74 bits per heavy atom. The molecule has 0 radical (unpaired) electrons. The summed E-state index contributed by atoms with van der Waals surface area (Å²) in [6.07, 6.45) is 6.80. The average molecular weight is 362 g/mol. The van der Waals surface area contributed by atoms with E-state index in [1.165, 1.54) is 11.1 Å². The van der Waals surface area contributed by atoms with E-state index >= 15 is 0 Å². The highest BCUT2D eigenvalue weighted by Crippen LogP contribution is 2.33. The molecule has 0 aliphatic carbocycles. The zero-order chi connectivity index (χ0) is 18.8. The van der Waals surface area contributed by atoms with E-state index in [9.17, 15) is 4.79 Å². The standard InChI is InChI=1S/C22H26N4O/c1-24(2)16-17-9-11-18(12-10-17)20-7-3-5-13-25(20)22(27)19-15-23-26-14-6-4-8-21(19)26/h4,6,8-12,14-15,20H,3,5,7,13,16H2,1-2H3. The second-order valence-corrected chi connectivity index (χ2v) is 7.58. The number of amides is 1. The normalized spacial score (nSPS) is 17.6. The third kappa shape index (κ3) is 3.60. The van der Waals surface area contributed by atoms with Crippen molar-refractivity contribution >= 4 is 11.4 Å². The molecule has 0 spiro atoms. The number of rotatable bonds is 4. The van der Waals surface area contributed by atoms with Gasteiger partial charge in [0.05, 0.1) is 23.3 Å². The van der Waals surface area contributed by atoms with Crippen LogP contribution < -0.4 is 0 Å². The van der Waals surface area contributed by atoms with Crippen LogP contribution in [0.3, 0.4) is 0 Å². The first-order valence-electron chi connectivity index (χ1n) is 9.60. The summed E-state index contributed by atoms with van der Waals surface area (Å²) >= 11 is 0. The van der Waals surface area contributed by atoms with Gasteiger partial charge in [-0.1, -0.05) is 30.3 Å². The lowest BCUT2D eigenvalue weighted by Gasteiger charge is -2.36. The summed E-state index contributed by atoms with van der Waals surface area (Å²) in [5, 5.41) is 4.34. The molecule has 1 atom stereocenters. The van der Waals surface area contributed by atoms with Crippen molar-refractivity contribution in [2.45, 2.75) is 31.8 Å². The number of piperidine rings is 1. The van der Waals surface area contributed by atoms with Gasteiger partial charge in [0.1, 0.15) is 0 Å². The Balaban J connectivity index is 1.61. The Bertz CT molecular complexity index is 929. The molecule has 0 N–H and O–H groups in total. The molecule has 27 heavy (non-hydrogen) atoms. The maximum absolute atomic E-state index is 13.3. The van der Waals surface area contributed by atoms with E-state index in [0.29, 0.717) is 5.56 Å². The maximum Gasteiger partial charge on any atom is 0.258 e. The molecule has 1 aliphatic heterocycles. The smallest absolute Gasteiger partial charge is 0.258 e. The molecule has 5 heteroatoms. The van der Waals surface area contributed by atoms with Crippen molar-refractivity contribution in [1.82, 2.24) is 19.4 Å². The van der Waals surface area contributed by atoms with E-state index in [4.69, 9.17) is 0 Å². The lowest BCUT2D eigenvalue weighted by molar-refractivity contribution is 0.0613. The summed E-state index contributed by atoms with van der Waals surface area (Å²) in [5.74, 6) is 0.0817. The number of fused-ring (bicyclic) bond motifs is 1. The van der Waals surface area contributed by atoms with Gasteiger partial charge in [-0.05, 0) is 56.6 Å². The van der Waals surface area contributed by atoms with Crippen molar-refractivity contribution in [2.24, 2.45) is 0 Å². The summed E-state index contributed by atoms with van der Waals surface area (Å²) in [7, 11) is 4.15. The highest BCUT2D eigenvalue weighted by molar-refractivity contribution is 6.00. The Morgan fingerprint density at radius 2 is 1.96 bits per heavy atom. The number of likely N-dealkylation sites (tertiary alicyclic amines) is 1. The highest BCUT2D eigenvalue weighted by Gasteiger charge is 2.30. The minimum atomic E-state index is 0.0817. The molecule has 140 valence electrons. The third-order valence-corrected chi connectivity index (χ3v) is 5.28. The van der Waals surface area contributed by atoms with Gasteiger partial charge in [-0.3, -0.25) is 4.79 Å². The van der Waals surface area contributed by atoms with Crippen LogP contribution in [0.25, 0.3) is 5.52 Å². The first kappa shape index (κ1) is 17.7. The molecule has 3 heterocycles. The van der Waals surface area contributed by atoms with Gasteiger partial charge in [-0.25, -0.2) is 4.52 Å². The molecule has 2 aromatic heterocycles. The molecule has 1 aliphatic rings. The SMILES string of the molecule is CN(C)Cc1ccc(C2CCCCN2C(=O)c2cnn3ccccc23)cc1. The maximum atomic E-state index is 13.3. The number of carbonyl (C=O) groups excluding carboxylic acids is 1. The molecule has 3 aromatic rings. The number of hydrogen-bond acceptors (Lipinski definition) is 3. The van der Waals surface area contributed by atoms with Gasteiger partial charge in [-0.2, -0.15) is 5.10 Å². The number of pyridine rings is 1. The fourth-order valence-electron chi connectivity index (χ4n) is 3.99. The van der Waals surface area contributed by atoms with Crippen LogP contribution in [0.1, 0.15) is 46.8 Å². The van der Waals surface area contributed by atoms with Crippen molar-refractivity contribution < 1.29 is 4.79 Å². The predicted molar refractivity (Wildman–Crippen MR) is 107 cm³/mol. The minimum Gasteiger partial charge on any atom is -0.331 e. The molecule has 4 rings (SSSR count). The summed E-state index contributed by atoms with van der Waals surface area (Å²) in [5.41, 5.74) is 4.07. The Labute approximate surface area is 160 Å². The van der Waals surface area contributed by atoms with E-state index < -0.39 is 0 Å². The first-order valence-corrected chi connectivity index (χ1v) is 9.60. The molecular formula is C22H26N4O. The van der Waals surface area contributed by atoms with Gasteiger partial charge in [0.25, 0.3) is 5.91 Å². The van der Waals surface area contributed by atoms with Crippen LogP contribution >= 0.6 is 0 Å². The third-order valence-electron chi connectivity index (χ3n) is 5.28. The lowest BCUT2D eigenvalue weighted by Crippen LogP contribution is -2.38. The van der Waals surface area contributed by atoms with Gasteiger partial charge in [-0.15, -0.1) is 0 Å². The van der Waals surface area contributed by atoms with Crippen LogP contribution in [0.5, 0.6) is 0 Å². The van der Waals surface area contributed by atoms with E-state index in [1.807, 2.05) is 29.3 Å². The summed E-state index contributed by atoms with van der Waals surface area (Å²) < 4.78 is 1.77. The largest absolute Gasteiger partial charge is 0.331 e. The zero-order valence-electron chi connectivity index (χ0n) is 16.0. The molecule has 1 aromatic carbocycles. The predicted octanol–water partition coefficient (Wildman–Crippen LogP) is 3.76. The molecule has 1 unspecified atom stereocenters. The van der Waals surface area contributed by atoms with E-state index in [2.05, 4.69) is 48.4 Å². The Kier molecular flexibility index (Phi) is 4.94.